The lowest BCUT2D eigenvalue weighted by molar-refractivity contribution is -0.138. The predicted octanol–water partition coefficient (Wildman–Crippen LogP) is -0.481. The van der Waals surface area contributed by atoms with Crippen LogP contribution in [0.25, 0.3) is 0 Å². The molecule has 2 heterocycles. The minimum Gasteiger partial charge on any atom is -0.316 e. The van der Waals surface area contributed by atoms with E-state index in [1.165, 1.54) is 11.0 Å². The SMILES string of the molecule is CC1=CC(=O)N(C2C3CNCC32)C1=O. The normalized spacial score (nSPS) is 40.2. The first-order chi connectivity index (χ1) is 6.70. The van der Waals surface area contributed by atoms with Crippen molar-refractivity contribution >= 4 is 11.8 Å². The van der Waals surface area contributed by atoms with Crippen LogP contribution in [0.2, 0.25) is 0 Å². The number of carbonyl (C=O) groups excluding carboxylic acids is 2. The van der Waals surface area contributed by atoms with Gasteiger partial charge in [-0.05, 0) is 18.8 Å². The highest BCUT2D eigenvalue weighted by molar-refractivity contribution is 6.16. The van der Waals surface area contributed by atoms with E-state index in [9.17, 15) is 9.59 Å². The molecule has 3 aliphatic rings. The Morgan fingerprint density at radius 3 is 2.50 bits per heavy atom. The molecule has 14 heavy (non-hydrogen) atoms. The van der Waals surface area contributed by atoms with Crippen molar-refractivity contribution in [3.63, 3.8) is 0 Å². The molecule has 1 aliphatic carbocycles. The van der Waals surface area contributed by atoms with Crippen molar-refractivity contribution in [1.29, 1.82) is 0 Å². The second-order valence-electron chi connectivity index (χ2n) is 4.32. The van der Waals surface area contributed by atoms with Crippen molar-refractivity contribution in [1.82, 2.24) is 10.2 Å². The molecular weight excluding hydrogens is 180 g/mol. The van der Waals surface area contributed by atoms with Crippen LogP contribution in [0.1, 0.15) is 6.92 Å². The van der Waals surface area contributed by atoms with Gasteiger partial charge in [-0.2, -0.15) is 0 Å². The van der Waals surface area contributed by atoms with Gasteiger partial charge in [-0.15, -0.1) is 0 Å². The fraction of sp³-hybridized carbons (Fsp3) is 0.600. The molecule has 4 nitrogen and oxygen atoms in total. The standard InChI is InChI=1S/C10H12N2O2/c1-5-2-8(13)12(10(5)14)9-6-3-11-4-7(6)9/h2,6-7,9,11H,3-4H2,1H3. The summed E-state index contributed by atoms with van der Waals surface area (Å²) >= 11 is 0. The van der Waals surface area contributed by atoms with Crippen molar-refractivity contribution in [2.45, 2.75) is 13.0 Å². The number of imide groups is 1. The van der Waals surface area contributed by atoms with Gasteiger partial charge >= 0.3 is 0 Å². The van der Waals surface area contributed by atoms with E-state index in [0.717, 1.165) is 13.1 Å². The van der Waals surface area contributed by atoms with E-state index in [0.29, 0.717) is 17.4 Å². The van der Waals surface area contributed by atoms with E-state index in [1.54, 1.807) is 6.92 Å². The van der Waals surface area contributed by atoms with E-state index >= 15 is 0 Å². The highest BCUT2D eigenvalue weighted by Gasteiger charge is 2.59. The maximum Gasteiger partial charge on any atom is 0.256 e. The number of nitrogens with one attached hydrogen (secondary N) is 1. The Morgan fingerprint density at radius 1 is 1.36 bits per heavy atom. The van der Waals surface area contributed by atoms with Gasteiger partial charge in [0, 0.05) is 30.8 Å². The third-order valence-corrected chi connectivity index (χ3v) is 3.48. The van der Waals surface area contributed by atoms with Crippen molar-refractivity contribution in [3.05, 3.63) is 11.6 Å². The summed E-state index contributed by atoms with van der Waals surface area (Å²) in [6.45, 7) is 3.60. The summed E-state index contributed by atoms with van der Waals surface area (Å²) < 4.78 is 0. The first-order valence-electron chi connectivity index (χ1n) is 4.96. The Morgan fingerprint density at radius 2 is 2.00 bits per heavy atom. The van der Waals surface area contributed by atoms with Crippen molar-refractivity contribution in [3.8, 4) is 0 Å². The van der Waals surface area contributed by atoms with E-state index < -0.39 is 0 Å². The Balaban J connectivity index is 1.82. The molecule has 2 fully saturated rings. The van der Waals surface area contributed by atoms with E-state index in [-0.39, 0.29) is 17.9 Å². The summed E-state index contributed by atoms with van der Waals surface area (Å²) in [7, 11) is 0. The summed E-state index contributed by atoms with van der Waals surface area (Å²) in [5.74, 6) is 0.825. The van der Waals surface area contributed by atoms with Gasteiger partial charge in [0.1, 0.15) is 0 Å². The number of fused-ring (bicyclic) bond motifs is 1. The minimum absolute atomic E-state index is 0.0885. The first kappa shape index (κ1) is 8.17. The number of carbonyl (C=O) groups is 2. The molecule has 0 bridgehead atoms. The molecule has 2 atom stereocenters. The Bertz CT molecular complexity index is 351. The quantitative estimate of drug-likeness (QED) is 0.571. The number of hydrogen-bond donors (Lipinski definition) is 1. The zero-order valence-electron chi connectivity index (χ0n) is 7.99. The number of nitrogens with zero attached hydrogens (tertiary/aromatic N) is 1. The highest BCUT2D eigenvalue weighted by atomic mass is 16.2. The molecule has 1 saturated heterocycles. The Kier molecular flexibility index (Phi) is 1.43. The van der Waals surface area contributed by atoms with E-state index in [1.807, 2.05) is 0 Å². The topological polar surface area (TPSA) is 49.4 Å². The van der Waals surface area contributed by atoms with Crippen LogP contribution in [0.4, 0.5) is 0 Å². The molecule has 3 rings (SSSR count). The second kappa shape index (κ2) is 2.45. The molecule has 1 N–H and O–H groups in total. The second-order valence-corrected chi connectivity index (χ2v) is 4.32. The van der Waals surface area contributed by atoms with Crippen LogP contribution >= 0.6 is 0 Å². The van der Waals surface area contributed by atoms with Gasteiger partial charge in [0.05, 0.1) is 0 Å². The van der Waals surface area contributed by atoms with Crippen LogP contribution in [0.5, 0.6) is 0 Å². The third kappa shape index (κ3) is 0.865. The summed E-state index contributed by atoms with van der Waals surface area (Å²) in [5.41, 5.74) is 0.577. The van der Waals surface area contributed by atoms with Gasteiger partial charge in [0.15, 0.2) is 0 Å². The number of amides is 2. The molecule has 4 heteroatoms. The molecule has 74 valence electrons. The van der Waals surface area contributed by atoms with Crippen molar-refractivity contribution in [2.75, 3.05) is 13.1 Å². The smallest absolute Gasteiger partial charge is 0.256 e. The minimum atomic E-state index is -0.119. The number of hydrogen-bond acceptors (Lipinski definition) is 3. The van der Waals surface area contributed by atoms with Gasteiger partial charge in [-0.1, -0.05) is 0 Å². The van der Waals surface area contributed by atoms with Gasteiger partial charge < -0.3 is 5.32 Å². The van der Waals surface area contributed by atoms with Crippen molar-refractivity contribution < 1.29 is 9.59 Å². The molecule has 0 aromatic rings. The Hall–Kier alpha value is -1.16. The van der Waals surface area contributed by atoms with Gasteiger partial charge in [-0.25, -0.2) is 0 Å². The highest BCUT2D eigenvalue weighted by Crippen LogP contribution is 2.47. The average Bonchev–Trinajstić information content (AvgIpc) is 2.55. The molecule has 2 unspecified atom stereocenters. The van der Waals surface area contributed by atoms with Gasteiger partial charge in [0.25, 0.3) is 11.8 Å². The van der Waals surface area contributed by atoms with Crippen LogP contribution in [-0.4, -0.2) is 35.8 Å². The summed E-state index contributed by atoms with van der Waals surface area (Å²) in [6.07, 6.45) is 1.45. The molecule has 1 saturated carbocycles. The fourth-order valence-electron chi connectivity index (χ4n) is 2.66. The van der Waals surface area contributed by atoms with Crippen LogP contribution in [-0.2, 0) is 9.59 Å². The summed E-state index contributed by atoms with van der Waals surface area (Å²) in [5, 5.41) is 3.25. The lowest BCUT2D eigenvalue weighted by atomic mass is 10.3. The van der Waals surface area contributed by atoms with Crippen LogP contribution in [0.3, 0.4) is 0 Å². The predicted molar refractivity (Wildman–Crippen MR) is 49.2 cm³/mol. The maximum atomic E-state index is 11.6. The number of rotatable bonds is 1. The molecule has 2 aliphatic heterocycles. The van der Waals surface area contributed by atoms with Crippen LogP contribution in [0.15, 0.2) is 11.6 Å². The van der Waals surface area contributed by atoms with Gasteiger partial charge in [-0.3, -0.25) is 14.5 Å². The number of piperidine rings is 1. The van der Waals surface area contributed by atoms with Crippen LogP contribution < -0.4 is 5.32 Å². The Labute approximate surface area is 81.9 Å². The van der Waals surface area contributed by atoms with Crippen LogP contribution in [0, 0.1) is 11.8 Å². The lowest BCUT2D eigenvalue weighted by Crippen LogP contribution is -2.37. The molecular formula is C10H12N2O2. The monoisotopic (exact) mass is 192 g/mol. The zero-order chi connectivity index (χ0) is 9.87. The average molecular weight is 192 g/mol. The van der Waals surface area contributed by atoms with E-state index in [2.05, 4.69) is 5.32 Å². The molecule has 0 spiro atoms. The molecule has 2 amide bonds. The first-order valence-corrected chi connectivity index (χ1v) is 4.96. The van der Waals surface area contributed by atoms with Gasteiger partial charge in [0.2, 0.25) is 0 Å². The van der Waals surface area contributed by atoms with E-state index in [4.69, 9.17) is 0 Å². The summed E-state index contributed by atoms with van der Waals surface area (Å²) in [4.78, 5) is 24.6. The van der Waals surface area contributed by atoms with Crippen molar-refractivity contribution in [2.24, 2.45) is 11.8 Å². The zero-order valence-corrected chi connectivity index (χ0v) is 7.99. The fourth-order valence-corrected chi connectivity index (χ4v) is 2.66. The molecule has 0 aromatic heterocycles. The molecule has 0 aromatic carbocycles. The third-order valence-electron chi connectivity index (χ3n) is 3.48. The maximum absolute atomic E-state index is 11.6. The summed E-state index contributed by atoms with van der Waals surface area (Å²) in [6, 6.07) is 0.185. The largest absolute Gasteiger partial charge is 0.316 e. The lowest BCUT2D eigenvalue weighted by Gasteiger charge is -2.16. The molecule has 0 radical (unpaired) electrons.